The van der Waals surface area contributed by atoms with Crippen molar-refractivity contribution in [2.45, 2.75) is 36.3 Å². The van der Waals surface area contributed by atoms with Crippen LogP contribution in [0.2, 0.25) is 0 Å². The summed E-state index contributed by atoms with van der Waals surface area (Å²) in [5, 5.41) is 5.98. The van der Waals surface area contributed by atoms with Gasteiger partial charge in [-0.25, -0.2) is 22.0 Å². The summed E-state index contributed by atoms with van der Waals surface area (Å²) in [4.78, 5) is 13.9. The molecule has 26 heavy (non-hydrogen) atoms. The van der Waals surface area contributed by atoms with Crippen LogP contribution >= 0.6 is 0 Å². The van der Waals surface area contributed by atoms with Crippen molar-refractivity contribution in [2.75, 3.05) is 26.0 Å². The van der Waals surface area contributed by atoms with Gasteiger partial charge in [0, 0.05) is 38.7 Å². The Kier molecular flexibility index (Phi) is 3.99. The number of hydrogen-bond acceptors (Lipinski definition) is 5. The number of urea groups is 1. The minimum atomic E-state index is -3.28. The number of ether oxygens (including phenoxy) is 1. The van der Waals surface area contributed by atoms with E-state index in [1.54, 1.807) is 6.07 Å². The highest BCUT2D eigenvalue weighted by Gasteiger charge is 2.59. The Bertz CT molecular complexity index is 827. The molecule has 0 aromatic carbocycles. The Labute approximate surface area is 149 Å². The number of carbonyl (C=O) groups is 1. The van der Waals surface area contributed by atoms with Crippen LogP contribution in [-0.4, -0.2) is 72.4 Å². The number of rotatable bonds is 4. The SMILES string of the molecule is CO[C@@H]1CS(=O)(=O)[C@H]2CN(C(=O)NCc3ccnn3C3CC3(F)F)C[C@@H]12. The number of sulfone groups is 1. The first-order valence-corrected chi connectivity index (χ1v) is 10.1. The zero-order valence-electron chi connectivity index (χ0n) is 14.1. The second kappa shape index (κ2) is 5.88. The van der Waals surface area contributed by atoms with E-state index in [1.807, 2.05) is 0 Å². The monoisotopic (exact) mass is 390 g/mol. The average Bonchev–Trinajstić information content (AvgIpc) is 2.99. The molecule has 1 N–H and O–H groups in total. The molecule has 1 aromatic rings. The second-order valence-corrected chi connectivity index (χ2v) is 9.38. The van der Waals surface area contributed by atoms with Crippen LogP contribution in [0.1, 0.15) is 18.2 Å². The fraction of sp³-hybridized carbons (Fsp3) is 0.733. The molecule has 2 saturated heterocycles. The number of hydrogen-bond donors (Lipinski definition) is 1. The maximum Gasteiger partial charge on any atom is 0.317 e. The molecule has 3 aliphatic rings. The largest absolute Gasteiger partial charge is 0.380 e. The Morgan fingerprint density at radius 1 is 1.46 bits per heavy atom. The molecule has 4 atom stereocenters. The molecule has 1 aromatic heterocycles. The van der Waals surface area contributed by atoms with Gasteiger partial charge >= 0.3 is 6.03 Å². The van der Waals surface area contributed by atoms with Crippen LogP contribution in [0.15, 0.2) is 12.3 Å². The third-order valence-electron chi connectivity index (χ3n) is 5.50. The van der Waals surface area contributed by atoms with Crippen LogP contribution in [0.25, 0.3) is 0 Å². The van der Waals surface area contributed by atoms with Crippen LogP contribution in [0.5, 0.6) is 0 Å². The lowest BCUT2D eigenvalue weighted by molar-refractivity contribution is 0.0821. The van der Waals surface area contributed by atoms with Crippen molar-refractivity contribution in [2.24, 2.45) is 5.92 Å². The Balaban J connectivity index is 1.38. The van der Waals surface area contributed by atoms with E-state index >= 15 is 0 Å². The summed E-state index contributed by atoms with van der Waals surface area (Å²) in [6.45, 7) is 0.477. The van der Waals surface area contributed by atoms with Crippen molar-refractivity contribution in [1.82, 2.24) is 20.0 Å². The highest BCUT2D eigenvalue weighted by Crippen LogP contribution is 2.52. The highest BCUT2D eigenvalue weighted by molar-refractivity contribution is 7.92. The summed E-state index contributed by atoms with van der Waals surface area (Å²) in [6, 6.07) is 0.210. The van der Waals surface area contributed by atoms with Crippen LogP contribution in [0, 0.1) is 5.92 Å². The summed E-state index contributed by atoms with van der Waals surface area (Å²) < 4.78 is 57.3. The predicted molar refractivity (Wildman–Crippen MR) is 86.5 cm³/mol. The third kappa shape index (κ3) is 2.86. The first-order chi connectivity index (χ1) is 12.2. The van der Waals surface area contributed by atoms with E-state index < -0.39 is 39.2 Å². The number of methoxy groups -OCH3 is 1. The summed E-state index contributed by atoms with van der Waals surface area (Å²) >= 11 is 0. The van der Waals surface area contributed by atoms with Gasteiger partial charge in [0.05, 0.1) is 29.3 Å². The molecule has 1 saturated carbocycles. The number of amides is 2. The van der Waals surface area contributed by atoms with Gasteiger partial charge < -0.3 is 15.0 Å². The van der Waals surface area contributed by atoms with Crippen molar-refractivity contribution in [3.8, 4) is 0 Å². The summed E-state index contributed by atoms with van der Waals surface area (Å²) in [5.74, 6) is -2.99. The minimum Gasteiger partial charge on any atom is -0.380 e. The zero-order chi connectivity index (χ0) is 18.7. The first kappa shape index (κ1) is 17.7. The van der Waals surface area contributed by atoms with Gasteiger partial charge in [0.15, 0.2) is 9.84 Å². The molecule has 0 bridgehead atoms. The Morgan fingerprint density at radius 3 is 2.85 bits per heavy atom. The summed E-state index contributed by atoms with van der Waals surface area (Å²) in [6.07, 6.45) is 0.772. The molecule has 144 valence electrons. The number of aromatic nitrogens is 2. The van der Waals surface area contributed by atoms with E-state index in [0.717, 1.165) is 0 Å². The van der Waals surface area contributed by atoms with Gasteiger partial charge in [-0.3, -0.25) is 4.68 Å². The molecule has 3 fully saturated rings. The molecular weight excluding hydrogens is 370 g/mol. The maximum absolute atomic E-state index is 13.2. The van der Waals surface area contributed by atoms with E-state index in [1.165, 1.54) is 22.9 Å². The molecule has 2 aliphatic heterocycles. The van der Waals surface area contributed by atoms with Gasteiger partial charge in [-0.15, -0.1) is 0 Å². The molecule has 0 radical (unpaired) electrons. The van der Waals surface area contributed by atoms with E-state index in [9.17, 15) is 22.0 Å². The van der Waals surface area contributed by atoms with Gasteiger partial charge in [-0.1, -0.05) is 0 Å². The van der Waals surface area contributed by atoms with Crippen LogP contribution in [0.3, 0.4) is 0 Å². The lowest BCUT2D eigenvalue weighted by atomic mass is 10.0. The predicted octanol–water partition coefficient (Wildman–Crippen LogP) is 0.417. The highest BCUT2D eigenvalue weighted by atomic mass is 32.2. The summed E-state index contributed by atoms with van der Waals surface area (Å²) in [5.41, 5.74) is 0.488. The van der Waals surface area contributed by atoms with Crippen molar-refractivity contribution >= 4 is 15.9 Å². The fourth-order valence-corrected chi connectivity index (χ4v) is 6.21. The lowest BCUT2D eigenvalue weighted by Gasteiger charge is -2.20. The molecule has 8 nitrogen and oxygen atoms in total. The molecule has 11 heteroatoms. The molecule has 0 spiro atoms. The van der Waals surface area contributed by atoms with E-state index in [0.29, 0.717) is 12.2 Å². The number of alkyl halides is 2. The molecule has 4 rings (SSSR count). The van der Waals surface area contributed by atoms with Crippen LogP contribution in [-0.2, 0) is 21.1 Å². The zero-order valence-corrected chi connectivity index (χ0v) is 15.0. The third-order valence-corrected chi connectivity index (χ3v) is 7.71. The van der Waals surface area contributed by atoms with Gasteiger partial charge in [0.2, 0.25) is 0 Å². The topological polar surface area (TPSA) is 93.5 Å². The number of halogens is 2. The molecule has 2 amide bonds. The summed E-state index contributed by atoms with van der Waals surface area (Å²) in [7, 11) is -1.80. The quantitative estimate of drug-likeness (QED) is 0.804. The van der Waals surface area contributed by atoms with Crippen molar-refractivity contribution < 1.29 is 26.7 Å². The first-order valence-electron chi connectivity index (χ1n) is 8.40. The Hall–Kier alpha value is -1.75. The van der Waals surface area contributed by atoms with Crippen LogP contribution in [0.4, 0.5) is 13.6 Å². The average molecular weight is 390 g/mol. The number of nitrogens with one attached hydrogen (secondary N) is 1. The fourth-order valence-electron chi connectivity index (χ4n) is 3.93. The van der Waals surface area contributed by atoms with Crippen molar-refractivity contribution in [1.29, 1.82) is 0 Å². The molecule has 3 heterocycles. The number of likely N-dealkylation sites (tertiary alicyclic amines) is 1. The van der Waals surface area contributed by atoms with Gasteiger partial charge in [0.25, 0.3) is 5.92 Å². The van der Waals surface area contributed by atoms with Crippen molar-refractivity contribution in [3.63, 3.8) is 0 Å². The standard InChI is InChI=1S/C15H20F2N4O4S/c1-25-11-8-26(23,24)12-7-20(6-10(11)12)14(22)18-5-9-2-3-19-21(9)13-4-15(13,16)17/h2-3,10-13H,4-8H2,1H3,(H,18,22)/t10-,11+,12-,13?/m0/s1. The normalized spacial score (nSPS) is 33.9. The smallest absolute Gasteiger partial charge is 0.317 e. The van der Waals surface area contributed by atoms with Crippen molar-refractivity contribution in [3.05, 3.63) is 18.0 Å². The second-order valence-electron chi connectivity index (χ2n) is 7.12. The minimum absolute atomic E-state index is 0.0108. The van der Waals surface area contributed by atoms with Gasteiger partial charge in [-0.05, 0) is 6.07 Å². The van der Waals surface area contributed by atoms with E-state index in [4.69, 9.17) is 4.74 Å². The maximum atomic E-state index is 13.2. The molecule has 1 unspecified atom stereocenters. The molecule has 1 aliphatic carbocycles. The van der Waals surface area contributed by atoms with E-state index in [2.05, 4.69) is 10.4 Å². The Morgan fingerprint density at radius 2 is 2.19 bits per heavy atom. The molecular formula is C15H20F2N4O4S. The van der Waals surface area contributed by atoms with Gasteiger partial charge in [-0.2, -0.15) is 5.10 Å². The lowest BCUT2D eigenvalue weighted by Crippen LogP contribution is -2.40. The number of carbonyl (C=O) groups excluding carboxylic acids is 1. The number of fused-ring (bicyclic) bond motifs is 1. The van der Waals surface area contributed by atoms with Gasteiger partial charge in [0.1, 0.15) is 6.04 Å². The van der Waals surface area contributed by atoms with Crippen LogP contribution < -0.4 is 5.32 Å². The number of nitrogens with zero attached hydrogens (tertiary/aromatic N) is 3. The van der Waals surface area contributed by atoms with E-state index in [-0.39, 0.29) is 31.2 Å².